The van der Waals surface area contributed by atoms with Crippen molar-refractivity contribution in [1.29, 1.82) is 0 Å². The second kappa shape index (κ2) is 8.78. The summed E-state index contributed by atoms with van der Waals surface area (Å²) in [6.45, 7) is 3.51. The predicted octanol–water partition coefficient (Wildman–Crippen LogP) is 3.25. The van der Waals surface area contributed by atoms with Crippen LogP contribution in [0.15, 0.2) is 48.5 Å². The molecule has 2 aliphatic rings. The molecular weight excluding hydrogens is 420 g/mol. The summed E-state index contributed by atoms with van der Waals surface area (Å²) in [5, 5.41) is 0. The molecule has 1 unspecified atom stereocenters. The maximum absolute atomic E-state index is 13.2. The number of hydrogen-bond acceptors (Lipinski definition) is 6. The molecule has 2 fully saturated rings. The molecule has 0 saturated carbocycles. The lowest BCUT2D eigenvalue weighted by Crippen LogP contribution is -2.45. The number of benzene rings is 2. The Bertz CT molecular complexity index is 1160. The first-order chi connectivity index (χ1) is 16.0. The molecule has 5 rings (SSSR count). The van der Waals surface area contributed by atoms with E-state index in [9.17, 15) is 14.4 Å². The third kappa shape index (κ3) is 4.02. The second-order valence-corrected chi connectivity index (χ2v) is 8.50. The van der Waals surface area contributed by atoms with Crippen molar-refractivity contribution in [1.82, 2.24) is 14.9 Å². The SMILES string of the molecule is CCOC(=O)c1ccc(N2C(=O)CC(N3CCC(c4nc5ccccc5[nH]4)CC3)C2=O)cc1. The highest BCUT2D eigenvalue weighted by Gasteiger charge is 2.43. The molecule has 170 valence electrons. The first-order valence-electron chi connectivity index (χ1n) is 11.4. The maximum atomic E-state index is 13.2. The van der Waals surface area contributed by atoms with Gasteiger partial charge in [0, 0.05) is 5.92 Å². The number of imide groups is 1. The zero-order valence-corrected chi connectivity index (χ0v) is 18.5. The lowest BCUT2D eigenvalue weighted by molar-refractivity contribution is -0.123. The van der Waals surface area contributed by atoms with E-state index in [2.05, 4.69) is 9.88 Å². The highest BCUT2D eigenvalue weighted by atomic mass is 16.5. The normalized spacial score (nSPS) is 20.0. The van der Waals surface area contributed by atoms with Crippen molar-refractivity contribution >= 4 is 34.5 Å². The average Bonchev–Trinajstić information content (AvgIpc) is 3.40. The first kappa shape index (κ1) is 21.3. The molecule has 8 heteroatoms. The molecule has 3 aromatic rings. The number of likely N-dealkylation sites (tertiary alicyclic amines) is 1. The Labute approximate surface area is 191 Å². The number of carbonyl (C=O) groups excluding carboxylic acids is 3. The Balaban J connectivity index is 1.24. The van der Waals surface area contributed by atoms with Gasteiger partial charge in [-0.25, -0.2) is 14.7 Å². The second-order valence-electron chi connectivity index (χ2n) is 8.50. The molecule has 33 heavy (non-hydrogen) atoms. The number of fused-ring (bicyclic) bond motifs is 1. The number of hydrogen-bond donors (Lipinski definition) is 1. The summed E-state index contributed by atoms with van der Waals surface area (Å²) < 4.78 is 4.99. The van der Waals surface area contributed by atoms with E-state index in [-0.39, 0.29) is 18.2 Å². The summed E-state index contributed by atoms with van der Waals surface area (Å²) in [5.41, 5.74) is 2.88. The number of H-pyrrole nitrogens is 1. The van der Waals surface area contributed by atoms with Crippen LogP contribution in [0.25, 0.3) is 11.0 Å². The number of para-hydroxylation sites is 2. The molecule has 0 bridgehead atoms. The molecule has 0 spiro atoms. The minimum atomic E-state index is -0.446. The van der Waals surface area contributed by atoms with Gasteiger partial charge in [-0.3, -0.25) is 14.5 Å². The number of nitrogens with zero attached hydrogens (tertiary/aromatic N) is 3. The van der Waals surface area contributed by atoms with Crippen molar-refractivity contribution in [2.45, 2.75) is 38.1 Å². The summed E-state index contributed by atoms with van der Waals surface area (Å²) in [7, 11) is 0. The van der Waals surface area contributed by atoms with Gasteiger partial charge in [-0.2, -0.15) is 0 Å². The van der Waals surface area contributed by atoms with Crippen molar-refractivity contribution in [2.75, 3.05) is 24.6 Å². The number of carbonyl (C=O) groups is 3. The molecular formula is C25H26N4O4. The van der Waals surface area contributed by atoms with Gasteiger partial charge in [0.2, 0.25) is 5.91 Å². The number of rotatable bonds is 5. The fourth-order valence-corrected chi connectivity index (χ4v) is 4.78. The number of anilines is 1. The van der Waals surface area contributed by atoms with Crippen molar-refractivity contribution in [3.8, 4) is 0 Å². The zero-order chi connectivity index (χ0) is 22.9. The van der Waals surface area contributed by atoms with Crippen LogP contribution in [0.2, 0.25) is 0 Å². The van der Waals surface area contributed by atoms with Crippen LogP contribution in [0.3, 0.4) is 0 Å². The fraction of sp³-hybridized carbons (Fsp3) is 0.360. The molecule has 2 amide bonds. The quantitative estimate of drug-likeness (QED) is 0.478. The third-order valence-corrected chi connectivity index (χ3v) is 6.52. The Morgan fingerprint density at radius 1 is 1.09 bits per heavy atom. The highest BCUT2D eigenvalue weighted by molar-refractivity contribution is 6.22. The number of ether oxygens (including phenoxy) is 1. The zero-order valence-electron chi connectivity index (χ0n) is 18.5. The standard InChI is InChI=1S/C25H26N4O4/c1-2-33-25(32)17-7-9-18(10-8-17)29-22(30)15-21(24(29)31)28-13-11-16(12-14-28)23-26-19-5-3-4-6-20(19)27-23/h3-10,16,21H,2,11-15H2,1H3,(H,26,27). The van der Waals surface area contributed by atoms with Crippen LogP contribution in [0.5, 0.6) is 0 Å². The summed E-state index contributed by atoms with van der Waals surface area (Å²) in [5.74, 6) is 0.466. The number of imidazole rings is 1. The molecule has 1 N–H and O–H groups in total. The lowest BCUT2D eigenvalue weighted by Gasteiger charge is -2.34. The van der Waals surface area contributed by atoms with Crippen LogP contribution in [0.1, 0.15) is 48.3 Å². The minimum absolute atomic E-state index is 0.174. The maximum Gasteiger partial charge on any atom is 0.338 e. The average molecular weight is 447 g/mol. The van der Waals surface area contributed by atoms with Crippen LogP contribution < -0.4 is 4.90 Å². The summed E-state index contributed by atoms with van der Waals surface area (Å²) in [4.78, 5) is 49.3. The van der Waals surface area contributed by atoms with Gasteiger partial charge in [-0.05, 0) is 69.3 Å². The number of esters is 1. The topological polar surface area (TPSA) is 95.6 Å². The summed E-state index contributed by atoms with van der Waals surface area (Å²) in [6.07, 6.45) is 1.94. The lowest BCUT2D eigenvalue weighted by atomic mass is 9.95. The number of nitrogens with one attached hydrogen (secondary N) is 1. The van der Waals surface area contributed by atoms with Gasteiger partial charge in [-0.15, -0.1) is 0 Å². The van der Waals surface area contributed by atoms with E-state index < -0.39 is 12.0 Å². The molecule has 0 radical (unpaired) electrons. The van der Waals surface area contributed by atoms with Gasteiger partial charge in [-0.1, -0.05) is 12.1 Å². The van der Waals surface area contributed by atoms with E-state index in [4.69, 9.17) is 9.72 Å². The smallest absolute Gasteiger partial charge is 0.338 e. The largest absolute Gasteiger partial charge is 0.462 e. The highest BCUT2D eigenvalue weighted by Crippen LogP contribution is 2.32. The number of aromatic amines is 1. The molecule has 2 saturated heterocycles. The van der Waals surface area contributed by atoms with E-state index in [0.29, 0.717) is 23.8 Å². The van der Waals surface area contributed by atoms with E-state index >= 15 is 0 Å². The minimum Gasteiger partial charge on any atom is -0.462 e. The van der Waals surface area contributed by atoms with Gasteiger partial charge in [0.15, 0.2) is 0 Å². The molecule has 3 heterocycles. The van der Waals surface area contributed by atoms with Crippen LogP contribution in [0.4, 0.5) is 5.69 Å². The van der Waals surface area contributed by atoms with Crippen molar-refractivity contribution in [3.63, 3.8) is 0 Å². The molecule has 1 aromatic heterocycles. The number of aromatic nitrogens is 2. The molecule has 1 atom stereocenters. The van der Waals surface area contributed by atoms with Gasteiger partial charge >= 0.3 is 5.97 Å². The first-order valence-corrected chi connectivity index (χ1v) is 11.4. The van der Waals surface area contributed by atoms with Crippen molar-refractivity contribution in [2.24, 2.45) is 0 Å². The van der Waals surface area contributed by atoms with Crippen molar-refractivity contribution < 1.29 is 19.1 Å². The van der Waals surface area contributed by atoms with Gasteiger partial charge in [0.25, 0.3) is 5.91 Å². The van der Waals surface area contributed by atoms with E-state index in [1.807, 2.05) is 24.3 Å². The number of piperidine rings is 1. The predicted molar refractivity (Wildman–Crippen MR) is 123 cm³/mol. The number of amides is 2. The Morgan fingerprint density at radius 3 is 2.52 bits per heavy atom. The molecule has 0 aliphatic carbocycles. The van der Waals surface area contributed by atoms with Crippen molar-refractivity contribution in [3.05, 3.63) is 59.9 Å². The Morgan fingerprint density at radius 2 is 1.82 bits per heavy atom. The van der Waals surface area contributed by atoms with E-state index in [1.54, 1.807) is 31.2 Å². The Hall–Kier alpha value is -3.52. The fourth-order valence-electron chi connectivity index (χ4n) is 4.78. The van der Waals surface area contributed by atoms with E-state index in [1.165, 1.54) is 4.90 Å². The van der Waals surface area contributed by atoms with E-state index in [0.717, 1.165) is 42.8 Å². The van der Waals surface area contributed by atoms with Crippen LogP contribution in [0, 0.1) is 0 Å². The van der Waals surface area contributed by atoms with Crippen LogP contribution in [-0.4, -0.2) is 58.4 Å². The van der Waals surface area contributed by atoms with Crippen LogP contribution >= 0.6 is 0 Å². The molecule has 2 aromatic carbocycles. The van der Waals surface area contributed by atoms with Gasteiger partial charge < -0.3 is 9.72 Å². The summed E-state index contributed by atoms with van der Waals surface area (Å²) >= 11 is 0. The van der Waals surface area contributed by atoms with Gasteiger partial charge in [0.05, 0.1) is 41.4 Å². The monoisotopic (exact) mass is 446 g/mol. The molecule has 2 aliphatic heterocycles. The van der Waals surface area contributed by atoms with Gasteiger partial charge in [0.1, 0.15) is 5.82 Å². The molecule has 8 nitrogen and oxygen atoms in total. The third-order valence-electron chi connectivity index (χ3n) is 6.52. The van der Waals surface area contributed by atoms with Crippen LogP contribution in [-0.2, 0) is 14.3 Å². The Kier molecular flexibility index (Phi) is 5.68. The summed E-state index contributed by atoms with van der Waals surface area (Å²) in [6, 6.07) is 14.0.